The SMILES string of the molecule is CC(CS[C@@H]1S[C@@H]2[C@H](C(C)O)C(=O)N2[C@@H]1C(=O)O)=Nn1cnnc1. The molecular weight excluding hydrogens is 354 g/mol. The third-order valence-corrected chi connectivity index (χ3v) is 7.11. The van der Waals surface area contributed by atoms with Gasteiger partial charge in [0.25, 0.3) is 0 Å². The number of β-lactam (4-membered cyclic amide) rings is 1. The summed E-state index contributed by atoms with van der Waals surface area (Å²) < 4.78 is 1.18. The molecule has 0 spiro atoms. The Kier molecular flexibility index (Phi) is 4.83. The van der Waals surface area contributed by atoms with Gasteiger partial charge in [0, 0.05) is 11.5 Å². The van der Waals surface area contributed by atoms with E-state index in [0.717, 1.165) is 5.71 Å². The summed E-state index contributed by atoms with van der Waals surface area (Å²) >= 11 is 2.86. The Hall–Kier alpha value is -1.59. The quantitative estimate of drug-likeness (QED) is 0.526. The number of thioether (sulfide) groups is 2. The average molecular weight is 371 g/mol. The molecule has 0 aliphatic carbocycles. The first-order valence-corrected chi connectivity index (χ1v) is 9.28. The lowest BCUT2D eigenvalue weighted by atomic mass is 9.91. The molecule has 3 heterocycles. The van der Waals surface area contributed by atoms with Gasteiger partial charge >= 0.3 is 5.97 Å². The fourth-order valence-electron chi connectivity index (χ4n) is 2.78. The van der Waals surface area contributed by atoms with E-state index in [0.29, 0.717) is 5.75 Å². The van der Waals surface area contributed by atoms with Crippen molar-refractivity contribution in [2.24, 2.45) is 11.0 Å². The molecule has 130 valence electrons. The number of aliphatic hydroxyl groups is 1. The topological polar surface area (TPSA) is 121 Å². The molecule has 1 aromatic rings. The second kappa shape index (κ2) is 6.73. The van der Waals surface area contributed by atoms with Crippen LogP contribution < -0.4 is 0 Å². The van der Waals surface area contributed by atoms with Crippen molar-refractivity contribution >= 4 is 41.1 Å². The molecule has 3 rings (SSSR count). The highest BCUT2D eigenvalue weighted by Gasteiger charge is 2.61. The van der Waals surface area contributed by atoms with Crippen LogP contribution in [-0.4, -0.2) is 75.4 Å². The van der Waals surface area contributed by atoms with Gasteiger partial charge in [-0.25, -0.2) is 9.47 Å². The predicted molar refractivity (Wildman–Crippen MR) is 89.6 cm³/mol. The lowest BCUT2D eigenvalue weighted by Crippen LogP contribution is -2.64. The van der Waals surface area contributed by atoms with Crippen LogP contribution in [0.2, 0.25) is 0 Å². The van der Waals surface area contributed by atoms with Gasteiger partial charge in [-0.05, 0) is 13.8 Å². The van der Waals surface area contributed by atoms with Gasteiger partial charge in [0.2, 0.25) is 5.91 Å². The van der Waals surface area contributed by atoms with E-state index in [1.165, 1.54) is 45.8 Å². The first-order valence-electron chi connectivity index (χ1n) is 7.29. The maximum atomic E-state index is 12.1. The Labute approximate surface area is 146 Å². The Balaban J connectivity index is 1.67. The number of nitrogens with zero attached hydrogens (tertiary/aromatic N) is 5. The van der Waals surface area contributed by atoms with Crippen LogP contribution in [0.25, 0.3) is 0 Å². The van der Waals surface area contributed by atoms with Crippen LogP contribution in [0.1, 0.15) is 13.8 Å². The number of carboxylic acid groups (broad SMARTS) is 1. The maximum absolute atomic E-state index is 12.1. The van der Waals surface area contributed by atoms with Gasteiger partial charge in [-0.1, -0.05) is 0 Å². The number of aliphatic hydroxyl groups excluding tert-OH is 1. The highest BCUT2D eigenvalue weighted by Crippen LogP contribution is 2.51. The van der Waals surface area contributed by atoms with E-state index in [1.54, 1.807) is 6.92 Å². The van der Waals surface area contributed by atoms with Crippen molar-refractivity contribution in [3.63, 3.8) is 0 Å². The summed E-state index contributed by atoms with van der Waals surface area (Å²) in [5.74, 6) is -1.30. The number of hydrogen-bond acceptors (Lipinski definition) is 8. The molecule has 2 N–H and O–H groups in total. The lowest BCUT2D eigenvalue weighted by molar-refractivity contribution is -0.166. The van der Waals surface area contributed by atoms with Gasteiger partial charge in [0.1, 0.15) is 12.7 Å². The third-order valence-electron chi connectivity index (χ3n) is 3.87. The molecule has 0 radical (unpaired) electrons. The van der Waals surface area contributed by atoms with Gasteiger partial charge in [0.15, 0.2) is 6.04 Å². The number of carbonyl (C=O) groups is 2. The minimum atomic E-state index is -1.02. The van der Waals surface area contributed by atoms with Crippen LogP contribution >= 0.6 is 23.5 Å². The summed E-state index contributed by atoms with van der Waals surface area (Å²) in [6.07, 6.45) is 2.16. The van der Waals surface area contributed by atoms with Gasteiger partial charge in [-0.2, -0.15) is 5.10 Å². The van der Waals surface area contributed by atoms with Gasteiger partial charge < -0.3 is 15.1 Å². The molecule has 0 aromatic carbocycles. The smallest absolute Gasteiger partial charge is 0.328 e. The molecule has 1 aromatic heterocycles. The second-order valence-corrected chi connectivity index (χ2v) is 8.37. The number of carboxylic acids is 1. The minimum absolute atomic E-state index is 0.272. The zero-order valence-corrected chi connectivity index (χ0v) is 14.6. The van der Waals surface area contributed by atoms with Crippen LogP contribution in [-0.2, 0) is 9.59 Å². The van der Waals surface area contributed by atoms with Crippen molar-refractivity contribution in [1.29, 1.82) is 0 Å². The van der Waals surface area contributed by atoms with Crippen molar-refractivity contribution in [3.8, 4) is 0 Å². The monoisotopic (exact) mass is 371 g/mol. The Bertz CT molecular complexity index is 665. The molecule has 9 nitrogen and oxygen atoms in total. The van der Waals surface area contributed by atoms with Crippen molar-refractivity contribution in [2.75, 3.05) is 5.75 Å². The van der Waals surface area contributed by atoms with E-state index >= 15 is 0 Å². The lowest BCUT2D eigenvalue weighted by Gasteiger charge is -2.44. The number of fused-ring (bicyclic) bond motifs is 1. The van der Waals surface area contributed by atoms with Crippen molar-refractivity contribution < 1.29 is 19.8 Å². The highest BCUT2D eigenvalue weighted by molar-refractivity contribution is 8.18. The standard InChI is InChI=1S/C13H17N5O4S2/c1-6(16-17-4-14-15-5-17)3-23-13-9(12(21)22)18-10(20)8(7(2)19)11(18)24-13/h4-5,7-9,11,13,19H,3H2,1-2H3,(H,21,22)/t7?,8-,9-,11-,13-/m1/s1. The normalized spacial score (nSPS) is 30.9. The van der Waals surface area contributed by atoms with Crippen molar-refractivity contribution in [3.05, 3.63) is 12.7 Å². The Morgan fingerprint density at radius 3 is 2.75 bits per heavy atom. The third kappa shape index (κ3) is 3.03. The fraction of sp³-hybridized carbons (Fsp3) is 0.615. The van der Waals surface area contributed by atoms with Gasteiger partial charge in [-0.15, -0.1) is 33.7 Å². The van der Waals surface area contributed by atoms with E-state index in [2.05, 4.69) is 15.3 Å². The minimum Gasteiger partial charge on any atom is -0.480 e. The molecule has 2 aliphatic heterocycles. The second-order valence-electron chi connectivity index (χ2n) is 5.68. The summed E-state index contributed by atoms with van der Waals surface area (Å²) in [6, 6.07) is -0.879. The molecule has 2 fully saturated rings. The highest BCUT2D eigenvalue weighted by atomic mass is 32.2. The maximum Gasteiger partial charge on any atom is 0.328 e. The number of amides is 1. The van der Waals surface area contributed by atoms with Crippen LogP contribution in [0.4, 0.5) is 0 Å². The number of rotatable bonds is 6. The van der Waals surface area contributed by atoms with Crippen LogP contribution in [0.3, 0.4) is 0 Å². The van der Waals surface area contributed by atoms with Gasteiger partial charge in [-0.3, -0.25) is 4.79 Å². The summed E-state index contributed by atoms with van der Waals surface area (Å²) in [4.78, 5) is 25.1. The molecule has 0 bridgehead atoms. The molecule has 2 saturated heterocycles. The van der Waals surface area contributed by atoms with Crippen LogP contribution in [0.5, 0.6) is 0 Å². The van der Waals surface area contributed by atoms with E-state index in [1.807, 2.05) is 6.92 Å². The summed E-state index contributed by atoms with van der Waals surface area (Å²) in [5, 5.41) is 30.5. The first-order chi connectivity index (χ1) is 11.4. The van der Waals surface area contributed by atoms with Crippen molar-refractivity contribution in [1.82, 2.24) is 19.8 Å². The van der Waals surface area contributed by atoms with Crippen molar-refractivity contribution in [2.45, 2.75) is 35.9 Å². The number of aromatic nitrogens is 3. The zero-order valence-electron chi connectivity index (χ0n) is 13.0. The molecular formula is C13H17N5O4S2. The molecule has 1 unspecified atom stereocenters. The number of hydrogen-bond donors (Lipinski definition) is 2. The zero-order chi connectivity index (χ0) is 17.4. The van der Waals surface area contributed by atoms with E-state index in [9.17, 15) is 19.8 Å². The predicted octanol–water partition coefficient (Wildman–Crippen LogP) is -0.0733. The molecule has 24 heavy (non-hydrogen) atoms. The fourth-order valence-corrected chi connectivity index (χ4v) is 6.09. The molecule has 0 saturated carbocycles. The summed E-state index contributed by atoms with van der Waals surface area (Å²) in [7, 11) is 0. The Morgan fingerprint density at radius 1 is 1.50 bits per heavy atom. The van der Waals surface area contributed by atoms with E-state index < -0.39 is 24.0 Å². The summed E-state index contributed by atoms with van der Waals surface area (Å²) in [5.41, 5.74) is 0.789. The number of carbonyl (C=O) groups excluding carboxylic acids is 1. The van der Waals surface area contributed by atoms with E-state index in [4.69, 9.17) is 0 Å². The van der Waals surface area contributed by atoms with Crippen LogP contribution in [0, 0.1) is 5.92 Å². The average Bonchev–Trinajstić information content (AvgIpc) is 3.10. The molecule has 1 amide bonds. The van der Waals surface area contributed by atoms with Gasteiger partial charge in [0.05, 0.1) is 22.0 Å². The van der Waals surface area contributed by atoms with Crippen LogP contribution in [0.15, 0.2) is 17.8 Å². The summed E-state index contributed by atoms with van der Waals surface area (Å²) in [6.45, 7) is 3.40. The van der Waals surface area contributed by atoms with E-state index in [-0.39, 0.29) is 15.9 Å². The largest absolute Gasteiger partial charge is 0.480 e. The number of aliphatic carboxylic acids is 1. The molecule has 5 atom stereocenters. The Morgan fingerprint density at radius 2 is 2.17 bits per heavy atom. The molecule has 2 aliphatic rings. The first kappa shape index (κ1) is 17.2. The molecule has 11 heteroatoms.